The number of anilines is 2. The Labute approximate surface area is 130 Å². The Morgan fingerprint density at radius 2 is 2.00 bits per heavy atom. The largest absolute Gasteiger partial charge is 0.467 e. The van der Waals surface area contributed by atoms with E-state index in [9.17, 15) is 0 Å². The molecule has 0 unspecified atom stereocenters. The lowest BCUT2D eigenvalue weighted by Crippen LogP contribution is -2.19. The van der Waals surface area contributed by atoms with Crippen LogP contribution in [0.5, 0.6) is 6.01 Å². The van der Waals surface area contributed by atoms with E-state index < -0.39 is 0 Å². The molecule has 0 aliphatic carbocycles. The van der Waals surface area contributed by atoms with Crippen LogP contribution in [0.25, 0.3) is 0 Å². The van der Waals surface area contributed by atoms with Gasteiger partial charge in [-0.05, 0) is 17.7 Å². The molecule has 0 aliphatic heterocycles. The highest BCUT2D eigenvalue weighted by Crippen LogP contribution is 2.25. The summed E-state index contributed by atoms with van der Waals surface area (Å²) in [5, 5.41) is 0.502. The van der Waals surface area contributed by atoms with Crippen molar-refractivity contribution in [3.05, 3.63) is 41.0 Å². The van der Waals surface area contributed by atoms with E-state index in [1.54, 1.807) is 6.20 Å². The van der Waals surface area contributed by atoms with Crippen LogP contribution in [-0.4, -0.2) is 38.2 Å². The molecular formula is C15H19ClN4O. The first kappa shape index (κ1) is 15.4. The van der Waals surface area contributed by atoms with Gasteiger partial charge in [0.2, 0.25) is 0 Å². The fourth-order valence-corrected chi connectivity index (χ4v) is 2.23. The molecular weight excluding hydrogens is 288 g/mol. The van der Waals surface area contributed by atoms with Crippen LogP contribution in [0.2, 0.25) is 5.02 Å². The number of methoxy groups -OCH3 is 1. The van der Waals surface area contributed by atoms with E-state index in [0.717, 1.165) is 5.69 Å². The lowest BCUT2D eigenvalue weighted by Gasteiger charge is -2.21. The summed E-state index contributed by atoms with van der Waals surface area (Å²) in [7, 11) is 7.52. The predicted molar refractivity (Wildman–Crippen MR) is 86.5 cm³/mol. The van der Waals surface area contributed by atoms with E-state index in [1.807, 2.05) is 32.1 Å². The topological polar surface area (TPSA) is 41.5 Å². The summed E-state index contributed by atoms with van der Waals surface area (Å²) >= 11 is 6.17. The number of hydrogen-bond acceptors (Lipinski definition) is 5. The van der Waals surface area contributed by atoms with Gasteiger partial charge in [-0.3, -0.25) is 0 Å². The van der Waals surface area contributed by atoms with Crippen molar-refractivity contribution >= 4 is 23.1 Å². The Kier molecular flexibility index (Phi) is 4.85. The number of hydrogen-bond donors (Lipinski definition) is 0. The van der Waals surface area contributed by atoms with Gasteiger partial charge in [0.25, 0.3) is 0 Å². The van der Waals surface area contributed by atoms with Crippen LogP contribution in [0.15, 0.2) is 30.5 Å². The first-order valence-electron chi connectivity index (χ1n) is 6.55. The van der Waals surface area contributed by atoms with Gasteiger partial charge in [-0.1, -0.05) is 23.7 Å². The van der Waals surface area contributed by atoms with Gasteiger partial charge in [-0.25, -0.2) is 4.98 Å². The van der Waals surface area contributed by atoms with Crippen molar-refractivity contribution in [1.82, 2.24) is 9.97 Å². The van der Waals surface area contributed by atoms with Gasteiger partial charge in [-0.2, -0.15) is 4.98 Å². The number of nitrogens with zero attached hydrogens (tertiary/aromatic N) is 4. The maximum atomic E-state index is 6.17. The molecule has 21 heavy (non-hydrogen) atoms. The zero-order valence-corrected chi connectivity index (χ0v) is 13.4. The number of aromatic nitrogens is 2. The van der Waals surface area contributed by atoms with Gasteiger partial charge >= 0.3 is 6.01 Å². The molecule has 0 atom stereocenters. The van der Waals surface area contributed by atoms with Crippen LogP contribution in [0.1, 0.15) is 5.56 Å². The molecule has 112 valence electrons. The maximum absolute atomic E-state index is 6.17. The highest BCUT2D eigenvalue weighted by molar-refractivity contribution is 6.32. The van der Waals surface area contributed by atoms with Crippen molar-refractivity contribution in [3.8, 4) is 6.01 Å². The molecule has 0 spiro atoms. The molecule has 0 N–H and O–H groups in total. The minimum atomic E-state index is 0.309. The van der Waals surface area contributed by atoms with Gasteiger partial charge in [0.15, 0.2) is 5.82 Å². The molecule has 0 aliphatic rings. The minimum Gasteiger partial charge on any atom is -0.467 e. The van der Waals surface area contributed by atoms with Crippen molar-refractivity contribution in [1.29, 1.82) is 0 Å². The average Bonchev–Trinajstić information content (AvgIpc) is 2.48. The van der Waals surface area contributed by atoms with E-state index in [4.69, 9.17) is 16.3 Å². The molecule has 5 nitrogen and oxygen atoms in total. The summed E-state index contributed by atoms with van der Waals surface area (Å²) in [5.41, 5.74) is 2.34. The average molecular weight is 307 g/mol. The number of halogens is 1. The molecule has 0 fully saturated rings. The number of rotatable bonds is 5. The molecule has 0 saturated carbocycles. The summed E-state index contributed by atoms with van der Waals surface area (Å²) in [6, 6.07) is 8.65. The molecule has 0 saturated heterocycles. The van der Waals surface area contributed by atoms with Crippen molar-refractivity contribution < 1.29 is 4.74 Å². The third kappa shape index (κ3) is 3.76. The van der Waals surface area contributed by atoms with Crippen molar-refractivity contribution in [2.75, 3.05) is 38.1 Å². The first-order valence-corrected chi connectivity index (χ1v) is 6.93. The second kappa shape index (κ2) is 6.63. The van der Waals surface area contributed by atoms with E-state index in [0.29, 0.717) is 23.4 Å². The third-order valence-electron chi connectivity index (χ3n) is 3.09. The van der Waals surface area contributed by atoms with Gasteiger partial charge in [0.1, 0.15) is 5.02 Å². The van der Waals surface area contributed by atoms with Gasteiger partial charge < -0.3 is 14.5 Å². The maximum Gasteiger partial charge on any atom is 0.318 e. The molecule has 6 heteroatoms. The Morgan fingerprint density at radius 3 is 2.67 bits per heavy atom. The summed E-state index contributed by atoms with van der Waals surface area (Å²) in [4.78, 5) is 12.3. The molecule has 1 aromatic carbocycles. The lowest BCUT2D eigenvalue weighted by molar-refractivity contribution is 0.380. The van der Waals surface area contributed by atoms with Crippen LogP contribution in [0.3, 0.4) is 0 Å². The summed E-state index contributed by atoms with van der Waals surface area (Å²) in [5.74, 6) is 0.652. The summed E-state index contributed by atoms with van der Waals surface area (Å²) in [6.07, 6.45) is 1.55. The second-order valence-electron chi connectivity index (χ2n) is 4.95. The molecule has 0 radical (unpaired) electrons. The van der Waals surface area contributed by atoms with Gasteiger partial charge in [0, 0.05) is 33.4 Å². The predicted octanol–water partition coefficient (Wildman–Crippen LogP) is 2.84. The Hall–Kier alpha value is -2.01. The minimum absolute atomic E-state index is 0.309. The zero-order chi connectivity index (χ0) is 15.4. The van der Waals surface area contributed by atoms with Crippen molar-refractivity contribution in [2.24, 2.45) is 0 Å². The highest BCUT2D eigenvalue weighted by Gasteiger charge is 2.11. The van der Waals surface area contributed by atoms with E-state index in [2.05, 4.69) is 33.1 Å². The zero-order valence-electron chi connectivity index (χ0n) is 12.7. The van der Waals surface area contributed by atoms with Crippen LogP contribution in [0.4, 0.5) is 11.5 Å². The van der Waals surface area contributed by atoms with E-state index in [-0.39, 0.29) is 0 Å². The summed E-state index contributed by atoms with van der Waals surface area (Å²) in [6.45, 7) is 0.696. The molecule has 1 aromatic heterocycles. The molecule has 0 amide bonds. The monoisotopic (exact) mass is 306 g/mol. The van der Waals surface area contributed by atoms with Gasteiger partial charge in [0.05, 0.1) is 13.3 Å². The smallest absolute Gasteiger partial charge is 0.318 e. The Bertz CT molecular complexity index is 618. The number of ether oxygens (including phenoxy) is 1. The normalized spacial score (nSPS) is 10.3. The van der Waals surface area contributed by atoms with Crippen LogP contribution in [0, 0.1) is 0 Å². The Morgan fingerprint density at radius 1 is 1.24 bits per heavy atom. The molecule has 0 bridgehead atoms. The van der Waals surface area contributed by atoms with E-state index in [1.165, 1.54) is 12.7 Å². The molecule has 2 aromatic rings. The van der Waals surface area contributed by atoms with E-state index >= 15 is 0 Å². The third-order valence-corrected chi connectivity index (χ3v) is 3.36. The quantitative estimate of drug-likeness (QED) is 0.849. The Balaban J connectivity index is 2.21. The van der Waals surface area contributed by atoms with Crippen molar-refractivity contribution in [2.45, 2.75) is 6.54 Å². The standard InChI is InChI=1S/C15H19ClN4O/c1-19(2)12-7-5-6-11(8-12)10-20(3)14-13(16)9-17-15(18-14)21-4/h5-9H,10H2,1-4H3. The fraction of sp³-hybridized carbons (Fsp3) is 0.333. The number of benzene rings is 1. The van der Waals surface area contributed by atoms with Crippen LogP contribution >= 0.6 is 11.6 Å². The highest BCUT2D eigenvalue weighted by atomic mass is 35.5. The fourth-order valence-electron chi connectivity index (χ4n) is 1.99. The van der Waals surface area contributed by atoms with Crippen molar-refractivity contribution in [3.63, 3.8) is 0 Å². The molecule has 1 heterocycles. The SMILES string of the molecule is COc1ncc(Cl)c(N(C)Cc2cccc(N(C)C)c2)n1. The summed E-state index contributed by atoms with van der Waals surface area (Å²) < 4.78 is 5.05. The molecule has 2 rings (SSSR count). The second-order valence-corrected chi connectivity index (χ2v) is 5.36. The van der Waals surface area contributed by atoms with Crippen LogP contribution < -0.4 is 14.5 Å². The van der Waals surface area contributed by atoms with Crippen LogP contribution in [-0.2, 0) is 6.54 Å². The van der Waals surface area contributed by atoms with Gasteiger partial charge in [-0.15, -0.1) is 0 Å². The lowest BCUT2D eigenvalue weighted by atomic mass is 10.2. The first-order chi connectivity index (χ1) is 10.0.